The molecule has 0 fully saturated rings. The molecule has 1 aromatic heterocycles. The van der Waals surface area contributed by atoms with Crippen molar-refractivity contribution < 1.29 is 4.39 Å². The van der Waals surface area contributed by atoms with Crippen molar-refractivity contribution in [2.45, 2.75) is 37.6 Å². The Morgan fingerprint density at radius 3 is 2.67 bits per heavy atom. The van der Waals surface area contributed by atoms with E-state index in [4.69, 9.17) is 0 Å². The van der Waals surface area contributed by atoms with E-state index in [1.54, 1.807) is 23.9 Å². The van der Waals surface area contributed by atoms with E-state index in [1.165, 1.54) is 15.8 Å². The van der Waals surface area contributed by atoms with Crippen LogP contribution in [0.1, 0.15) is 23.6 Å². The molecule has 1 unspecified atom stereocenters. The predicted molar refractivity (Wildman–Crippen MR) is 92.0 cm³/mol. The second-order valence-corrected chi connectivity index (χ2v) is 7.29. The smallest absolute Gasteiger partial charge is 0.124 e. The van der Waals surface area contributed by atoms with Crippen LogP contribution in [0.4, 0.5) is 4.39 Å². The number of aryl methyl sites for hydroxylation is 1. The van der Waals surface area contributed by atoms with Crippen molar-refractivity contribution in [2.75, 3.05) is 12.3 Å². The van der Waals surface area contributed by atoms with Gasteiger partial charge in [-0.1, -0.05) is 19.9 Å². The third-order valence-electron chi connectivity index (χ3n) is 3.25. The molecule has 0 amide bonds. The molecule has 0 radical (unpaired) electrons. The highest BCUT2D eigenvalue weighted by atomic mass is 32.2. The molecule has 0 saturated carbocycles. The Morgan fingerprint density at radius 2 is 2.00 bits per heavy atom. The standard InChI is InChI=1S/C17H22FNS2/c1-3-15-8-9-17(21-15)11-14(19-4-2)12-20-16-7-5-6-13(18)10-16/h5-10,14,19H,3-4,11-12H2,1-2H3. The van der Waals surface area contributed by atoms with Gasteiger partial charge in [0.05, 0.1) is 0 Å². The van der Waals surface area contributed by atoms with E-state index in [1.807, 2.05) is 17.4 Å². The Morgan fingerprint density at radius 1 is 1.19 bits per heavy atom. The fraction of sp³-hybridized carbons (Fsp3) is 0.412. The monoisotopic (exact) mass is 323 g/mol. The zero-order valence-corrected chi connectivity index (χ0v) is 14.2. The summed E-state index contributed by atoms with van der Waals surface area (Å²) < 4.78 is 13.2. The van der Waals surface area contributed by atoms with Gasteiger partial charge in [0.25, 0.3) is 0 Å². The van der Waals surface area contributed by atoms with Crippen molar-refractivity contribution in [2.24, 2.45) is 0 Å². The molecule has 0 aliphatic carbocycles. The van der Waals surface area contributed by atoms with Crippen LogP contribution in [0, 0.1) is 5.82 Å². The SMILES string of the molecule is CCNC(CSc1cccc(F)c1)Cc1ccc(CC)s1. The number of thioether (sulfide) groups is 1. The summed E-state index contributed by atoms with van der Waals surface area (Å²) in [6.07, 6.45) is 2.15. The van der Waals surface area contributed by atoms with Crippen LogP contribution in [0.25, 0.3) is 0 Å². The van der Waals surface area contributed by atoms with Gasteiger partial charge >= 0.3 is 0 Å². The highest BCUT2D eigenvalue weighted by Gasteiger charge is 2.11. The number of hydrogen-bond acceptors (Lipinski definition) is 3. The molecule has 1 N–H and O–H groups in total. The largest absolute Gasteiger partial charge is 0.313 e. The van der Waals surface area contributed by atoms with Crippen LogP contribution in [0.5, 0.6) is 0 Å². The first-order chi connectivity index (χ1) is 10.2. The summed E-state index contributed by atoms with van der Waals surface area (Å²) in [4.78, 5) is 3.87. The summed E-state index contributed by atoms with van der Waals surface area (Å²) >= 11 is 3.62. The van der Waals surface area contributed by atoms with Gasteiger partial charge in [0.2, 0.25) is 0 Å². The molecule has 114 valence electrons. The highest BCUT2D eigenvalue weighted by molar-refractivity contribution is 7.99. The Hall–Kier alpha value is -0.840. The lowest BCUT2D eigenvalue weighted by molar-refractivity contribution is 0.576. The molecule has 4 heteroatoms. The molecule has 0 aliphatic rings. The van der Waals surface area contributed by atoms with Crippen molar-refractivity contribution in [3.63, 3.8) is 0 Å². The van der Waals surface area contributed by atoms with Gasteiger partial charge in [0.1, 0.15) is 5.82 Å². The van der Waals surface area contributed by atoms with Gasteiger partial charge in [-0.15, -0.1) is 23.1 Å². The van der Waals surface area contributed by atoms with E-state index < -0.39 is 0 Å². The number of hydrogen-bond donors (Lipinski definition) is 1. The highest BCUT2D eigenvalue weighted by Crippen LogP contribution is 2.23. The van der Waals surface area contributed by atoms with Crippen LogP contribution in [0.15, 0.2) is 41.3 Å². The summed E-state index contributed by atoms with van der Waals surface area (Å²) in [6, 6.07) is 11.7. The van der Waals surface area contributed by atoms with E-state index >= 15 is 0 Å². The fourth-order valence-corrected chi connectivity index (χ4v) is 4.24. The molecule has 0 saturated heterocycles. The van der Waals surface area contributed by atoms with Crippen molar-refractivity contribution >= 4 is 23.1 Å². The molecule has 1 heterocycles. The molecule has 1 nitrogen and oxygen atoms in total. The molecule has 21 heavy (non-hydrogen) atoms. The third-order valence-corrected chi connectivity index (χ3v) is 5.66. The minimum absolute atomic E-state index is 0.161. The van der Waals surface area contributed by atoms with Crippen molar-refractivity contribution in [1.29, 1.82) is 0 Å². The minimum atomic E-state index is -0.161. The molecule has 0 aliphatic heterocycles. The van der Waals surface area contributed by atoms with Gasteiger partial charge < -0.3 is 5.32 Å². The number of rotatable bonds is 8. The van der Waals surface area contributed by atoms with Crippen LogP contribution in [-0.4, -0.2) is 18.3 Å². The maximum absolute atomic E-state index is 13.2. The number of likely N-dealkylation sites (N-methyl/N-ethyl adjacent to an activating group) is 1. The quantitative estimate of drug-likeness (QED) is 0.703. The third kappa shape index (κ3) is 5.46. The average molecular weight is 324 g/mol. The second-order valence-electron chi connectivity index (χ2n) is 4.95. The number of thiophene rings is 1. The lowest BCUT2D eigenvalue weighted by Gasteiger charge is -2.16. The molecule has 0 spiro atoms. The Labute approximate surface area is 135 Å². The minimum Gasteiger partial charge on any atom is -0.313 e. The van der Waals surface area contributed by atoms with Crippen LogP contribution in [-0.2, 0) is 12.8 Å². The maximum Gasteiger partial charge on any atom is 0.124 e. The summed E-state index contributed by atoms with van der Waals surface area (Å²) in [7, 11) is 0. The van der Waals surface area contributed by atoms with Crippen LogP contribution >= 0.6 is 23.1 Å². The van der Waals surface area contributed by atoms with E-state index in [-0.39, 0.29) is 5.82 Å². The van der Waals surface area contributed by atoms with E-state index in [0.29, 0.717) is 6.04 Å². The van der Waals surface area contributed by atoms with Gasteiger partial charge in [-0.2, -0.15) is 0 Å². The molecule has 0 bridgehead atoms. The van der Waals surface area contributed by atoms with Gasteiger partial charge in [-0.3, -0.25) is 0 Å². The summed E-state index contributed by atoms with van der Waals surface area (Å²) in [5, 5.41) is 3.54. The first-order valence-electron chi connectivity index (χ1n) is 7.40. The molecular weight excluding hydrogens is 301 g/mol. The van der Waals surface area contributed by atoms with Gasteiger partial charge in [0, 0.05) is 26.4 Å². The normalized spacial score (nSPS) is 12.5. The van der Waals surface area contributed by atoms with Crippen molar-refractivity contribution in [3.05, 3.63) is 52.0 Å². The predicted octanol–water partition coefficient (Wildman–Crippen LogP) is 4.76. The number of halogens is 1. The van der Waals surface area contributed by atoms with Crippen LogP contribution in [0.2, 0.25) is 0 Å². The molecule has 1 aromatic carbocycles. The molecular formula is C17H22FNS2. The van der Waals surface area contributed by atoms with E-state index in [2.05, 4.69) is 31.3 Å². The second kappa shape index (κ2) is 8.57. The molecule has 2 rings (SSSR count). The van der Waals surface area contributed by atoms with Gasteiger partial charge in [-0.25, -0.2) is 4.39 Å². The van der Waals surface area contributed by atoms with Crippen LogP contribution < -0.4 is 5.32 Å². The van der Waals surface area contributed by atoms with E-state index in [9.17, 15) is 4.39 Å². The van der Waals surface area contributed by atoms with Crippen molar-refractivity contribution in [3.8, 4) is 0 Å². The maximum atomic E-state index is 13.2. The first kappa shape index (κ1) is 16.5. The summed E-state index contributed by atoms with van der Waals surface area (Å²) in [5.41, 5.74) is 0. The zero-order valence-electron chi connectivity index (χ0n) is 12.6. The lowest BCUT2D eigenvalue weighted by atomic mass is 10.2. The number of benzene rings is 1. The summed E-state index contributed by atoms with van der Waals surface area (Å²) in [6.45, 7) is 5.28. The van der Waals surface area contributed by atoms with Gasteiger partial charge in [-0.05, 0) is 49.7 Å². The Balaban J connectivity index is 1.92. The van der Waals surface area contributed by atoms with Gasteiger partial charge in [0.15, 0.2) is 0 Å². The fourth-order valence-electron chi connectivity index (χ4n) is 2.20. The van der Waals surface area contributed by atoms with Crippen LogP contribution in [0.3, 0.4) is 0 Å². The molecule has 2 aromatic rings. The topological polar surface area (TPSA) is 12.0 Å². The number of nitrogens with one attached hydrogen (secondary N) is 1. The first-order valence-corrected chi connectivity index (χ1v) is 9.20. The Bertz CT molecular complexity index is 553. The molecule has 1 atom stereocenters. The Kier molecular flexibility index (Phi) is 6.74. The van der Waals surface area contributed by atoms with Crippen molar-refractivity contribution in [1.82, 2.24) is 5.32 Å². The summed E-state index contributed by atoms with van der Waals surface area (Å²) in [5.74, 6) is 0.794. The van der Waals surface area contributed by atoms with E-state index in [0.717, 1.165) is 30.0 Å². The average Bonchev–Trinajstić information content (AvgIpc) is 2.93. The lowest BCUT2D eigenvalue weighted by Crippen LogP contribution is -2.32. The zero-order chi connectivity index (χ0) is 15.1.